The van der Waals surface area contributed by atoms with Gasteiger partial charge in [0.2, 0.25) is 10.0 Å². The van der Waals surface area contributed by atoms with E-state index in [9.17, 15) is 13.2 Å². The monoisotopic (exact) mass is 324 g/mol. The van der Waals surface area contributed by atoms with Gasteiger partial charge in [-0.3, -0.25) is 9.52 Å². The second-order valence-electron chi connectivity index (χ2n) is 4.39. The van der Waals surface area contributed by atoms with Gasteiger partial charge < -0.3 is 5.32 Å². The van der Waals surface area contributed by atoms with E-state index in [4.69, 9.17) is 11.6 Å². The van der Waals surface area contributed by atoms with Crippen LogP contribution in [0.5, 0.6) is 0 Å². The fraction of sp³-hybridized carbons (Fsp3) is 0.0714. The van der Waals surface area contributed by atoms with Crippen LogP contribution >= 0.6 is 11.6 Å². The molecule has 7 heteroatoms. The van der Waals surface area contributed by atoms with E-state index in [1.165, 1.54) is 18.2 Å². The molecule has 1 amide bonds. The molecule has 0 saturated heterocycles. The third-order valence-electron chi connectivity index (χ3n) is 2.55. The molecule has 0 spiro atoms. The maximum absolute atomic E-state index is 12.1. The second-order valence-corrected chi connectivity index (χ2v) is 6.54. The molecule has 2 aromatic carbocycles. The zero-order valence-corrected chi connectivity index (χ0v) is 12.7. The molecule has 0 fully saturated rings. The van der Waals surface area contributed by atoms with Crippen molar-refractivity contribution in [3.63, 3.8) is 0 Å². The summed E-state index contributed by atoms with van der Waals surface area (Å²) in [7, 11) is -3.38. The molecule has 0 aromatic heterocycles. The van der Waals surface area contributed by atoms with Crippen molar-refractivity contribution < 1.29 is 13.2 Å². The number of hydrogen-bond donors (Lipinski definition) is 2. The average molecular weight is 325 g/mol. The predicted molar refractivity (Wildman–Crippen MR) is 84.3 cm³/mol. The quantitative estimate of drug-likeness (QED) is 0.908. The molecule has 21 heavy (non-hydrogen) atoms. The minimum atomic E-state index is -3.38. The van der Waals surface area contributed by atoms with Crippen molar-refractivity contribution >= 4 is 38.9 Å². The maximum atomic E-state index is 12.1. The van der Waals surface area contributed by atoms with Crippen molar-refractivity contribution in [2.24, 2.45) is 0 Å². The van der Waals surface area contributed by atoms with Crippen LogP contribution in [0.3, 0.4) is 0 Å². The molecule has 0 atom stereocenters. The highest BCUT2D eigenvalue weighted by molar-refractivity contribution is 7.92. The maximum Gasteiger partial charge on any atom is 0.257 e. The Labute approximate surface area is 128 Å². The molecule has 0 saturated carbocycles. The number of para-hydroxylation sites is 1. The third kappa shape index (κ3) is 4.47. The van der Waals surface area contributed by atoms with Crippen molar-refractivity contribution in [3.8, 4) is 0 Å². The van der Waals surface area contributed by atoms with Crippen molar-refractivity contribution in [2.45, 2.75) is 0 Å². The van der Waals surface area contributed by atoms with Gasteiger partial charge in [-0.2, -0.15) is 0 Å². The zero-order chi connectivity index (χ0) is 15.5. The molecule has 5 nitrogen and oxygen atoms in total. The second kappa shape index (κ2) is 6.15. The Kier molecular flexibility index (Phi) is 4.50. The SMILES string of the molecule is CS(=O)(=O)Nc1ccc(C(=O)Nc2ccccc2)c(Cl)c1. The van der Waals surface area contributed by atoms with Crippen molar-refractivity contribution in [1.82, 2.24) is 0 Å². The van der Waals surface area contributed by atoms with Gasteiger partial charge in [-0.25, -0.2) is 8.42 Å². The minimum Gasteiger partial charge on any atom is -0.322 e. The van der Waals surface area contributed by atoms with Crippen molar-refractivity contribution in [3.05, 3.63) is 59.1 Å². The van der Waals surface area contributed by atoms with Crippen LogP contribution in [0.15, 0.2) is 48.5 Å². The summed E-state index contributed by atoms with van der Waals surface area (Å²) >= 11 is 6.02. The molecule has 2 aromatic rings. The number of hydrogen-bond acceptors (Lipinski definition) is 3. The molecule has 2 N–H and O–H groups in total. The number of anilines is 2. The van der Waals surface area contributed by atoms with E-state index < -0.39 is 10.0 Å². The zero-order valence-electron chi connectivity index (χ0n) is 11.1. The molecule has 0 aliphatic carbocycles. The first kappa shape index (κ1) is 15.3. The first-order valence-corrected chi connectivity index (χ1v) is 8.26. The van der Waals surface area contributed by atoms with Gasteiger partial charge in [0.05, 0.1) is 16.8 Å². The smallest absolute Gasteiger partial charge is 0.257 e. The Morgan fingerprint density at radius 1 is 1.05 bits per heavy atom. The number of benzene rings is 2. The highest BCUT2D eigenvalue weighted by atomic mass is 35.5. The van der Waals surface area contributed by atoms with E-state index in [0.717, 1.165) is 6.26 Å². The largest absolute Gasteiger partial charge is 0.322 e. The van der Waals surface area contributed by atoms with E-state index in [0.29, 0.717) is 11.4 Å². The molecule has 0 aliphatic heterocycles. The van der Waals surface area contributed by atoms with Crippen LogP contribution in [0, 0.1) is 0 Å². The van der Waals surface area contributed by atoms with Crippen LogP contribution < -0.4 is 10.0 Å². The normalized spacial score (nSPS) is 11.0. The van der Waals surface area contributed by atoms with Gasteiger partial charge in [-0.05, 0) is 30.3 Å². The first-order chi connectivity index (χ1) is 9.85. The van der Waals surface area contributed by atoms with Crippen LogP contribution in [-0.4, -0.2) is 20.6 Å². The summed E-state index contributed by atoms with van der Waals surface area (Å²) in [5.41, 5.74) is 1.22. The summed E-state index contributed by atoms with van der Waals surface area (Å²) in [4.78, 5) is 12.1. The Hall–Kier alpha value is -2.05. The minimum absolute atomic E-state index is 0.164. The fourth-order valence-electron chi connectivity index (χ4n) is 1.70. The van der Waals surface area contributed by atoms with Gasteiger partial charge in [0.15, 0.2) is 0 Å². The van der Waals surface area contributed by atoms with E-state index >= 15 is 0 Å². The van der Waals surface area contributed by atoms with E-state index in [-0.39, 0.29) is 16.5 Å². The van der Waals surface area contributed by atoms with Gasteiger partial charge in [0.25, 0.3) is 5.91 Å². The molecule has 0 radical (unpaired) electrons. The molecule has 0 aliphatic rings. The highest BCUT2D eigenvalue weighted by Gasteiger charge is 2.12. The van der Waals surface area contributed by atoms with Crippen LogP contribution in [0.25, 0.3) is 0 Å². The topological polar surface area (TPSA) is 75.3 Å². The molecule has 110 valence electrons. The standard InChI is InChI=1S/C14H13ClN2O3S/c1-21(19,20)17-11-7-8-12(13(15)9-11)14(18)16-10-5-3-2-4-6-10/h2-9,17H,1H3,(H,16,18). The lowest BCUT2D eigenvalue weighted by Crippen LogP contribution is -2.13. The van der Waals surface area contributed by atoms with Crippen LogP contribution in [-0.2, 0) is 10.0 Å². The molecule has 2 rings (SSSR count). The van der Waals surface area contributed by atoms with Gasteiger partial charge >= 0.3 is 0 Å². The summed E-state index contributed by atoms with van der Waals surface area (Å²) in [6.07, 6.45) is 1.04. The lowest BCUT2D eigenvalue weighted by molar-refractivity contribution is 0.102. The van der Waals surface area contributed by atoms with E-state index in [1.54, 1.807) is 24.3 Å². The molecular formula is C14H13ClN2O3S. The number of amides is 1. The van der Waals surface area contributed by atoms with Crippen LogP contribution in [0.2, 0.25) is 5.02 Å². The molecule has 0 heterocycles. The highest BCUT2D eigenvalue weighted by Crippen LogP contribution is 2.22. The molecular weight excluding hydrogens is 312 g/mol. The van der Waals surface area contributed by atoms with Crippen LogP contribution in [0.4, 0.5) is 11.4 Å². The molecule has 0 unspecified atom stereocenters. The first-order valence-electron chi connectivity index (χ1n) is 5.99. The number of carbonyl (C=O) groups is 1. The lowest BCUT2D eigenvalue weighted by atomic mass is 10.2. The number of halogens is 1. The Bertz CT molecular complexity index is 761. The summed E-state index contributed by atoms with van der Waals surface area (Å²) in [6.45, 7) is 0. The number of carbonyl (C=O) groups excluding carboxylic acids is 1. The van der Waals surface area contributed by atoms with Gasteiger partial charge in [-0.15, -0.1) is 0 Å². The number of rotatable bonds is 4. The van der Waals surface area contributed by atoms with Crippen molar-refractivity contribution in [1.29, 1.82) is 0 Å². The Morgan fingerprint density at radius 3 is 2.29 bits per heavy atom. The van der Waals surface area contributed by atoms with Crippen molar-refractivity contribution in [2.75, 3.05) is 16.3 Å². The average Bonchev–Trinajstić information content (AvgIpc) is 2.37. The molecule has 0 bridgehead atoms. The van der Waals surface area contributed by atoms with Crippen LogP contribution in [0.1, 0.15) is 10.4 Å². The number of nitrogens with one attached hydrogen (secondary N) is 2. The van der Waals surface area contributed by atoms with Gasteiger partial charge in [0, 0.05) is 11.4 Å². The van der Waals surface area contributed by atoms with Gasteiger partial charge in [0.1, 0.15) is 0 Å². The van der Waals surface area contributed by atoms with E-state index in [2.05, 4.69) is 10.0 Å². The lowest BCUT2D eigenvalue weighted by Gasteiger charge is -2.09. The fourth-order valence-corrected chi connectivity index (χ4v) is 2.52. The summed E-state index contributed by atoms with van der Waals surface area (Å²) in [5, 5.41) is 2.87. The van der Waals surface area contributed by atoms with E-state index in [1.807, 2.05) is 6.07 Å². The summed E-state index contributed by atoms with van der Waals surface area (Å²) in [6, 6.07) is 13.3. The Morgan fingerprint density at radius 2 is 1.71 bits per heavy atom. The third-order valence-corrected chi connectivity index (χ3v) is 3.47. The summed E-state index contributed by atoms with van der Waals surface area (Å²) in [5.74, 6) is -0.364. The Balaban J connectivity index is 2.19. The predicted octanol–water partition coefficient (Wildman–Crippen LogP) is 2.96. The number of sulfonamides is 1. The van der Waals surface area contributed by atoms with Gasteiger partial charge in [-0.1, -0.05) is 29.8 Å². The summed E-state index contributed by atoms with van der Waals surface area (Å²) < 4.78 is 24.6.